The van der Waals surface area contributed by atoms with Crippen LogP contribution in [0.4, 0.5) is 18.9 Å². The minimum Gasteiger partial charge on any atom is -0.322 e. The number of carbonyl (C=O) groups excluding carboxylic acids is 1. The summed E-state index contributed by atoms with van der Waals surface area (Å²) in [6.07, 6.45) is 0.425. The summed E-state index contributed by atoms with van der Waals surface area (Å²) in [4.78, 5) is 19.3. The number of nitrogens with zero attached hydrogens (tertiary/aromatic N) is 4. The predicted molar refractivity (Wildman–Crippen MR) is 157 cm³/mol. The van der Waals surface area contributed by atoms with E-state index in [0.29, 0.717) is 16.9 Å². The molecular weight excluding hydrogens is 527 g/mol. The van der Waals surface area contributed by atoms with Crippen molar-refractivity contribution in [3.63, 3.8) is 0 Å². The van der Waals surface area contributed by atoms with Gasteiger partial charge in [0.25, 0.3) is 5.91 Å². The maximum Gasteiger partial charge on any atom is 0.416 e. The number of halogens is 3. The Morgan fingerprint density at radius 2 is 1.76 bits per heavy atom. The molecule has 2 heterocycles. The summed E-state index contributed by atoms with van der Waals surface area (Å²) in [5, 5.41) is 6.85. The van der Waals surface area contributed by atoms with Crippen molar-refractivity contribution in [2.45, 2.75) is 60.2 Å². The van der Waals surface area contributed by atoms with Crippen LogP contribution in [0.2, 0.25) is 0 Å². The molecule has 0 spiro atoms. The van der Waals surface area contributed by atoms with Gasteiger partial charge < -0.3 is 5.32 Å². The SMILES string of the molecule is CC.CCCN(CCC)Cc1ccc(NC(=O)c2ccc(C)c(C#Cc3cnc4cccnn34)c2)cc1C(F)(F)F. The first-order valence-corrected chi connectivity index (χ1v) is 13.8. The van der Waals surface area contributed by atoms with Gasteiger partial charge in [0.05, 0.1) is 11.8 Å². The fraction of sp³-hybridized carbons (Fsp3) is 0.344. The normalized spacial score (nSPS) is 11.0. The van der Waals surface area contributed by atoms with Crippen molar-refractivity contribution in [1.82, 2.24) is 19.5 Å². The van der Waals surface area contributed by atoms with Crippen LogP contribution in [0.25, 0.3) is 5.65 Å². The molecule has 0 aliphatic carbocycles. The van der Waals surface area contributed by atoms with Crippen molar-refractivity contribution < 1.29 is 18.0 Å². The van der Waals surface area contributed by atoms with Crippen LogP contribution in [-0.4, -0.2) is 38.5 Å². The molecule has 2 aromatic carbocycles. The molecule has 0 atom stereocenters. The molecule has 0 radical (unpaired) electrons. The van der Waals surface area contributed by atoms with Gasteiger partial charge in [-0.1, -0.05) is 45.7 Å². The average Bonchev–Trinajstić information content (AvgIpc) is 3.37. The molecule has 0 saturated carbocycles. The van der Waals surface area contributed by atoms with Crippen molar-refractivity contribution in [1.29, 1.82) is 0 Å². The van der Waals surface area contributed by atoms with Crippen LogP contribution in [0, 0.1) is 18.8 Å². The quantitative estimate of drug-likeness (QED) is 0.228. The molecule has 6 nitrogen and oxygen atoms in total. The molecule has 0 fully saturated rings. The first-order valence-electron chi connectivity index (χ1n) is 13.8. The molecule has 1 amide bonds. The number of carbonyl (C=O) groups is 1. The Morgan fingerprint density at radius 3 is 2.44 bits per heavy atom. The summed E-state index contributed by atoms with van der Waals surface area (Å²) < 4.78 is 43.5. The molecule has 4 rings (SSSR count). The van der Waals surface area contributed by atoms with Crippen LogP contribution in [0.15, 0.2) is 60.9 Å². The van der Waals surface area contributed by atoms with Crippen LogP contribution < -0.4 is 5.32 Å². The van der Waals surface area contributed by atoms with Gasteiger partial charge in [0.2, 0.25) is 0 Å². The fourth-order valence-corrected chi connectivity index (χ4v) is 4.35. The van der Waals surface area contributed by atoms with E-state index in [1.807, 2.05) is 45.6 Å². The van der Waals surface area contributed by atoms with E-state index < -0.39 is 17.6 Å². The number of fused-ring (bicyclic) bond motifs is 1. The van der Waals surface area contributed by atoms with Gasteiger partial charge in [0.1, 0.15) is 5.69 Å². The smallest absolute Gasteiger partial charge is 0.322 e. The van der Waals surface area contributed by atoms with Gasteiger partial charge in [-0.25, -0.2) is 9.50 Å². The molecule has 2 aromatic heterocycles. The lowest BCUT2D eigenvalue weighted by molar-refractivity contribution is -0.138. The lowest BCUT2D eigenvalue weighted by Crippen LogP contribution is -2.26. The average molecular weight is 564 g/mol. The monoisotopic (exact) mass is 563 g/mol. The first-order chi connectivity index (χ1) is 19.7. The molecule has 0 unspecified atom stereocenters. The molecule has 0 aliphatic rings. The third-order valence-corrected chi connectivity index (χ3v) is 6.25. The molecule has 216 valence electrons. The lowest BCUT2D eigenvalue weighted by atomic mass is 10.0. The molecule has 41 heavy (non-hydrogen) atoms. The minimum atomic E-state index is -4.54. The Bertz CT molecular complexity index is 1530. The number of aromatic nitrogens is 3. The highest BCUT2D eigenvalue weighted by Gasteiger charge is 2.34. The highest BCUT2D eigenvalue weighted by molar-refractivity contribution is 6.04. The molecule has 4 aromatic rings. The number of amides is 1. The molecule has 9 heteroatoms. The van der Waals surface area contributed by atoms with Crippen molar-refractivity contribution in [2.24, 2.45) is 0 Å². The summed E-state index contributed by atoms with van der Waals surface area (Å²) in [5.41, 5.74) is 2.55. The van der Waals surface area contributed by atoms with E-state index in [-0.39, 0.29) is 23.4 Å². The van der Waals surface area contributed by atoms with E-state index in [4.69, 9.17) is 0 Å². The van der Waals surface area contributed by atoms with Crippen LogP contribution in [0.3, 0.4) is 0 Å². The maximum absolute atomic E-state index is 13.9. The summed E-state index contributed by atoms with van der Waals surface area (Å²) in [5.74, 6) is 5.57. The Hall–Kier alpha value is -4.16. The second-order valence-electron chi connectivity index (χ2n) is 9.32. The van der Waals surface area contributed by atoms with Gasteiger partial charge in [-0.2, -0.15) is 18.3 Å². The van der Waals surface area contributed by atoms with E-state index in [1.165, 1.54) is 12.1 Å². The zero-order valence-corrected chi connectivity index (χ0v) is 24.1. The van der Waals surface area contributed by atoms with E-state index in [9.17, 15) is 18.0 Å². The Morgan fingerprint density at radius 1 is 1.02 bits per heavy atom. The molecule has 0 aliphatic heterocycles. The molecule has 0 bridgehead atoms. The van der Waals surface area contributed by atoms with E-state index >= 15 is 0 Å². The largest absolute Gasteiger partial charge is 0.416 e. The van der Waals surface area contributed by atoms with Gasteiger partial charge in [0, 0.05) is 29.6 Å². The van der Waals surface area contributed by atoms with Gasteiger partial charge >= 0.3 is 6.18 Å². The summed E-state index contributed by atoms with van der Waals surface area (Å²) >= 11 is 0. The highest BCUT2D eigenvalue weighted by atomic mass is 19.4. The fourth-order valence-electron chi connectivity index (χ4n) is 4.35. The third kappa shape index (κ3) is 8.18. The number of imidazole rings is 1. The van der Waals surface area contributed by atoms with Crippen molar-refractivity contribution in [3.8, 4) is 11.8 Å². The van der Waals surface area contributed by atoms with Crippen molar-refractivity contribution in [3.05, 3.63) is 94.4 Å². The Labute approximate surface area is 239 Å². The number of benzene rings is 2. The Kier molecular flexibility index (Phi) is 11.1. The van der Waals surface area contributed by atoms with Gasteiger partial charge in [0.15, 0.2) is 5.65 Å². The topological polar surface area (TPSA) is 62.5 Å². The van der Waals surface area contributed by atoms with Gasteiger partial charge in [-0.3, -0.25) is 9.69 Å². The number of nitrogens with one attached hydrogen (secondary N) is 1. The second-order valence-corrected chi connectivity index (χ2v) is 9.32. The van der Waals surface area contributed by atoms with E-state index in [0.717, 1.165) is 37.6 Å². The molecule has 1 N–H and O–H groups in total. The number of hydrogen-bond donors (Lipinski definition) is 1. The maximum atomic E-state index is 13.9. The molecular formula is C32H36F3N5O. The van der Waals surface area contributed by atoms with E-state index in [1.54, 1.807) is 41.2 Å². The second kappa shape index (κ2) is 14.5. The summed E-state index contributed by atoms with van der Waals surface area (Å²) in [7, 11) is 0. The van der Waals surface area contributed by atoms with Crippen LogP contribution in [0.1, 0.15) is 78.8 Å². The van der Waals surface area contributed by atoms with Crippen molar-refractivity contribution >= 4 is 17.2 Å². The van der Waals surface area contributed by atoms with E-state index in [2.05, 4.69) is 27.2 Å². The standard InChI is InChI=1S/C30H30F3N5O.C2H6/c1-4-15-37(16-5-2)20-24-10-12-25(18-27(24)30(31,32)33)36-29(39)23-9-8-21(3)22(17-23)11-13-26-19-34-28-7-6-14-35-38(26)28;1-2/h6-10,12,14,17-19H,4-5,15-16,20H2,1-3H3,(H,36,39);1-2H3. The molecule has 0 saturated heterocycles. The van der Waals surface area contributed by atoms with Gasteiger partial charge in [-0.05, 0) is 86.3 Å². The van der Waals surface area contributed by atoms with Crippen molar-refractivity contribution in [2.75, 3.05) is 18.4 Å². The van der Waals surface area contributed by atoms with Crippen LogP contribution >= 0.6 is 0 Å². The van der Waals surface area contributed by atoms with Crippen LogP contribution in [-0.2, 0) is 12.7 Å². The zero-order chi connectivity index (χ0) is 30.0. The number of alkyl halides is 3. The number of anilines is 1. The number of aryl methyl sites for hydroxylation is 1. The summed E-state index contributed by atoms with van der Waals surface area (Å²) in [6.45, 7) is 11.5. The third-order valence-electron chi connectivity index (χ3n) is 6.25. The number of hydrogen-bond acceptors (Lipinski definition) is 4. The lowest BCUT2D eigenvalue weighted by Gasteiger charge is -2.23. The first kappa shape index (κ1) is 31.4. The summed E-state index contributed by atoms with van der Waals surface area (Å²) in [6, 6.07) is 12.6. The van der Waals surface area contributed by atoms with Crippen LogP contribution in [0.5, 0.6) is 0 Å². The van der Waals surface area contributed by atoms with Gasteiger partial charge in [-0.15, -0.1) is 0 Å². The number of rotatable bonds is 8. The predicted octanol–water partition coefficient (Wildman–Crippen LogP) is 7.36. The zero-order valence-electron chi connectivity index (χ0n) is 24.1. The highest BCUT2D eigenvalue weighted by Crippen LogP contribution is 2.34. The Balaban J connectivity index is 0.00000226. The minimum absolute atomic E-state index is 0.0821.